The number of sulfonamides is 1. The van der Waals surface area contributed by atoms with Crippen molar-refractivity contribution in [2.75, 3.05) is 52.4 Å². The fourth-order valence-electron chi connectivity index (χ4n) is 4.16. The van der Waals surface area contributed by atoms with Gasteiger partial charge in [-0.2, -0.15) is 4.31 Å². The summed E-state index contributed by atoms with van der Waals surface area (Å²) < 4.78 is 27.5. The summed E-state index contributed by atoms with van der Waals surface area (Å²) in [4.78, 5) is 19.7. The van der Waals surface area contributed by atoms with Crippen molar-refractivity contribution in [3.63, 3.8) is 0 Å². The van der Waals surface area contributed by atoms with E-state index >= 15 is 0 Å². The fourth-order valence-corrected chi connectivity index (χ4v) is 5.65. The third kappa shape index (κ3) is 4.17. The summed E-state index contributed by atoms with van der Waals surface area (Å²) in [7, 11) is -3.56. The fraction of sp³-hybridized carbons (Fsp3) is 0.706. The number of hydrogen-bond acceptors (Lipinski definition) is 5. The van der Waals surface area contributed by atoms with E-state index in [-0.39, 0.29) is 29.3 Å². The molecule has 1 amide bonds. The number of aromatic nitrogens is 1. The highest BCUT2D eigenvalue weighted by atomic mass is 35.5. The SMILES string of the molecule is Cl.O=C(c1cc(S(=O)(=O)N2CCC(N3CCNCC3)C2)c[nH]1)N1CCCC1. The number of aromatic amines is 1. The normalized spacial score (nSPS) is 24.9. The van der Waals surface area contributed by atoms with Gasteiger partial charge in [-0.3, -0.25) is 9.69 Å². The van der Waals surface area contributed by atoms with E-state index in [1.807, 2.05) is 0 Å². The molecule has 0 radical (unpaired) electrons. The molecule has 152 valence electrons. The number of halogens is 1. The largest absolute Gasteiger partial charge is 0.356 e. The maximum atomic E-state index is 13.0. The summed E-state index contributed by atoms with van der Waals surface area (Å²) in [5, 5.41) is 3.33. The number of nitrogens with zero attached hydrogens (tertiary/aromatic N) is 3. The van der Waals surface area contributed by atoms with Crippen molar-refractivity contribution in [3.8, 4) is 0 Å². The van der Waals surface area contributed by atoms with Gasteiger partial charge >= 0.3 is 0 Å². The molecule has 2 N–H and O–H groups in total. The Labute approximate surface area is 166 Å². The molecule has 0 bridgehead atoms. The standard InChI is InChI=1S/C17H27N5O3S.ClH/c23-17(21-6-1-2-7-21)16-11-15(12-19-16)26(24,25)22-8-3-14(13-22)20-9-4-18-5-10-20;/h11-12,14,18-19H,1-10,13H2;1H. The molecular formula is C17H28ClN5O3S. The van der Waals surface area contributed by atoms with Crippen LogP contribution in [0, 0.1) is 0 Å². The van der Waals surface area contributed by atoms with Crippen LogP contribution in [0.25, 0.3) is 0 Å². The van der Waals surface area contributed by atoms with Crippen LogP contribution >= 0.6 is 12.4 Å². The Morgan fingerprint density at radius 3 is 2.48 bits per heavy atom. The molecule has 27 heavy (non-hydrogen) atoms. The van der Waals surface area contributed by atoms with Gasteiger partial charge in [-0.15, -0.1) is 12.4 Å². The number of rotatable bonds is 4. The number of hydrogen-bond donors (Lipinski definition) is 2. The Balaban J connectivity index is 0.00000210. The van der Waals surface area contributed by atoms with Gasteiger partial charge in [-0.1, -0.05) is 0 Å². The minimum Gasteiger partial charge on any atom is -0.356 e. The summed E-state index contributed by atoms with van der Waals surface area (Å²) in [5.41, 5.74) is 0.364. The highest BCUT2D eigenvalue weighted by Gasteiger charge is 2.36. The van der Waals surface area contributed by atoms with Crippen molar-refractivity contribution >= 4 is 28.3 Å². The molecule has 0 saturated carbocycles. The Bertz CT molecular complexity index is 756. The molecule has 4 rings (SSSR count). The van der Waals surface area contributed by atoms with Crippen molar-refractivity contribution < 1.29 is 13.2 Å². The smallest absolute Gasteiger partial charge is 0.270 e. The van der Waals surface area contributed by atoms with Crippen LogP contribution in [0.3, 0.4) is 0 Å². The number of likely N-dealkylation sites (tertiary alicyclic amines) is 1. The van der Waals surface area contributed by atoms with E-state index in [1.165, 1.54) is 12.3 Å². The zero-order valence-electron chi connectivity index (χ0n) is 15.4. The second kappa shape index (κ2) is 8.48. The van der Waals surface area contributed by atoms with Crippen molar-refractivity contribution in [2.24, 2.45) is 0 Å². The molecule has 3 fully saturated rings. The van der Waals surface area contributed by atoms with Crippen LogP contribution in [0.1, 0.15) is 29.8 Å². The topological polar surface area (TPSA) is 88.7 Å². The average molecular weight is 418 g/mol. The third-order valence-electron chi connectivity index (χ3n) is 5.71. The van der Waals surface area contributed by atoms with E-state index in [2.05, 4.69) is 15.2 Å². The highest BCUT2D eigenvalue weighted by Crippen LogP contribution is 2.25. The van der Waals surface area contributed by atoms with E-state index in [0.29, 0.717) is 18.8 Å². The van der Waals surface area contributed by atoms with Gasteiger partial charge in [0.2, 0.25) is 10.0 Å². The van der Waals surface area contributed by atoms with Crippen LogP contribution in [0.2, 0.25) is 0 Å². The Morgan fingerprint density at radius 1 is 1.07 bits per heavy atom. The third-order valence-corrected chi connectivity index (χ3v) is 7.55. The monoisotopic (exact) mass is 417 g/mol. The predicted octanol–water partition coefficient (Wildman–Crippen LogP) is 0.341. The summed E-state index contributed by atoms with van der Waals surface area (Å²) in [6, 6.07) is 1.78. The van der Waals surface area contributed by atoms with E-state index in [0.717, 1.165) is 58.5 Å². The molecule has 1 unspecified atom stereocenters. The number of nitrogens with one attached hydrogen (secondary N) is 2. The van der Waals surface area contributed by atoms with Gasteiger partial charge in [-0.05, 0) is 25.3 Å². The van der Waals surface area contributed by atoms with Crippen molar-refractivity contribution in [1.29, 1.82) is 0 Å². The second-order valence-corrected chi connectivity index (χ2v) is 9.28. The highest BCUT2D eigenvalue weighted by molar-refractivity contribution is 7.89. The van der Waals surface area contributed by atoms with Gasteiger partial charge in [0.05, 0.1) is 0 Å². The first kappa shape index (κ1) is 20.6. The Morgan fingerprint density at radius 2 is 1.78 bits per heavy atom. The summed E-state index contributed by atoms with van der Waals surface area (Å²) in [6.45, 7) is 6.43. The number of H-pyrrole nitrogens is 1. The van der Waals surface area contributed by atoms with Crippen molar-refractivity contribution in [3.05, 3.63) is 18.0 Å². The molecule has 1 aromatic rings. The van der Waals surface area contributed by atoms with E-state index in [9.17, 15) is 13.2 Å². The van der Waals surface area contributed by atoms with Crippen molar-refractivity contribution in [1.82, 2.24) is 24.4 Å². The molecule has 8 nitrogen and oxygen atoms in total. The average Bonchev–Trinajstić information content (AvgIpc) is 3.43. The molecule has 0 aromatic carbocycles. The van der Waals surface area contributed by atoms with Crippen LogP contribution in [0.4, 0.5) is 0 Å². The molecule has 0 aliphatic carbocycles. The van der Waals surface area contributed by atoms with Crippen LogP contribution in [0.15, 0.2) is 17.2 Å². The summed E-state index contributed by atoms with van der Waals surface area (Å²) in [5.74, 6) is -0.107. The van der Waals surface area contributed by atoms with Crippen LogP contribution in [-0.4, -0.2) is 91.8 Å². The van der Waals surface area contributed by atoms with Crippen molar-refractivity contribution in [2.45, 2.75) is 30.2 Å². The molecular weight excluding hydrogens is 390 g/mol. The van der Waals surface area contributed by atoms with Gasteiger partial charge in [-0.25, -0.2) is 8.42 Å². The Kier molecular flexibility index (Phi) is 6.47. The molecule has 3 aliphatic heterocycles. The van der Waals surface area contributed by atoms with Crippen LogP contribution in [-0.2, 0) is 10.0 Å². The molecule has 10 heteroatoms. The molecule has 3 saturated heterocycles. The van der Waals surface area contributed by atoms with Gasteiger partial charge in [0.1, 0.15) is 10.6 Å². The first-order chi connectivity index (χ1) is 12.6. The lowest BCUT2D eigenvalue weighted by Crippen LogP contribution is -2.49. The number of piperazine rings is 1. The lowest BCUT2D eigenvalue weighted by molar-refractivity contribution is 0.0787. The van der Waals surface area contributed by atoms with E-state index < -0.39 is 10.0 Å². The second-order valence-electron chi connectivity index (χ2n) is 7.34. The number of carbonyl (C=O) groups excluding carboxylic acids is 1. The Hall–Kier alpha value is -1.13. The molecule has 0 spiro atoms. The quantitative estimate of drug-likeness (QED) is 0.737. The van der Waals surface area contributed by atoms with Crippen LogP contribution < -0.4 is 5.32 Å². The minimum atomic E-state index is -3.56. The minimum absolute atomic E-state index is 0. The number of amides is 1. The van der Waals surface area contributed by atoms with Gasteiger partial charge in [0, 0.05) is 64.6 Å². The molecule has 1 aromatic heterocycles. The van der Waals surface area contributed by atoms with Crippen LogP contribution in [0.5, 0.6) is 0 Å². The summed E-state index contributed by atoms with van der Waals surface area (Å²) >= 11 is 0. The van der Waals surface area contributed by atoms with Gasteiger partial charge < -0.3 is 15.2 Å². The molecule has 3 aliphatic rings. The van der Waals surface area contributed by atoms with E-state index in [4.69, 9.17) is 0 Å². The van der Waals surface area contributed by atoms with Gasteiger partial charge in [0.15, 0.2) is 0 Å². The summed E-state index contributed by atoms with van der Waals surface area (Å²) in [6.07, 6.45) is 4.34. The lowest BCUT2D eigenvalue weighted by atomic mass is 10.2. The maximum Gasteiger partial charge on any atom is 0.270 e. The lowest BCUT2D eigenvalue weighted by Gasteiger charge is -2.32. The molecule has 4 heterocycles. The first-order valence-corrected chi connectivity index (χ1v) is 10.9. The zero-order chi connectivity index (χ0) is 18.1. The zero-order valence-corrected chi connectivity index (χ0v) is 17.0. The van der Waals surface area contributed by atoms with E-state index in [1.54, 1.807) is 9.21 Å². The first-order valence-electron chi connectivity index (χ1n) is 9.48. The molecule has 1 atom stereocenters. The maximum absolute atomic E-state index is 13.0. The number of carbonyl (C=O) groups is 1. The predicted molar refractivity (Wildman–Crippen MR) is 105 cm³/mol. The van der Waals surface area contributed by atoms with Gasteiger partial charge in [0.25, 0.3) is 5.91 Å².